The van der Waals surface area contributed by atoms with E-state index in [4.69, 9.17) is 4.74 Å². The second-order valence-electron chi connectivity index (χ2n) is 4.88. The summed E-state index contributed by atoms with van der Waals surface area (Å²) in [4.78, 5) is 0. The van der Waals surface area contributed by atoms with Crippen LogP contribution in [0.4, 0.5) is 5.69 Å². The Morgan fingerprint density at radius 1 is 1.06 bits per heavy atom. The predicted molar refractivity (Wildman–Crippen MR) is 74.1 cm³/mol. The summed E-state index contributed by atoms with van der Waals surface area (Å²) in [6.45, 7) is 4.24. The maximum absolute atomic E-state index is 6.15. The summed E-state index contributed by atoms with van der Waals surface area (Å²) in [6, 6.07) is 16.9. The Morgan fingerprint density at radius 3 is 2.61 bits per heavy atom. The molecule has 0 fully saturated rings. The summed E-state index contributed by atoms with van der Waals surface area (Å²) in [5, 5.41) is 3.51. The SMILES string of the molecule is Cc1ccc2c(c1)OC(c1ccccc1)C(C)N2. The van der Waals surface area contributed by atoms with Crippen molar-refractivity contribution in [1.29, 1.82) is 0 Å². The van der Waals surface area contributed by atoms with Crippen molar-refractivity contribution in [2.75, 3.05) is 5.32 Å². The number of hydrogen-bond donors (Lipinski definition) is 1. The van der Waals surface area contributed by atoms with E-state index in [-0.39, 0.29) is 12.1 Å². The summed E-state index contributed by atoms with van der Waals surface area (Å²) >= 11 is 0. The Morgan fingerprint density at radius 2 is 1.83 bits per heavy atom. The van der Waals surface area contributed by atoms with Crippen molar-refractivity contribution in [3.05, 3.63) is 59.7 Å². The van der Waals surface area contributed by atoms with Gasteiger partial charge in [0.15, 0.2) is 0 Å². The van der Waals surface area contributed by atoms with E-state index >= 15 is 0 Å². The number of aryl methyl sites for hydroxylation is 1. The van der Waals surface area contributed by atoms with Gasteiger partial charge < -0.3 is 10.1 Å². The molecule has 18 heavy (non-hydrogen) atoms. The van der Waals surface area contributed by atoms with Crippen LogP contribution in [0.25, 0.3) is 0 Å². The van der Waals surface area contributed by atoms with Crippen LogP contribution in [0.3, 0.4) is 0 Å². The van der Waals surface area contributed by atoms with Crippen molar-refractivity contribution in [3.63, 3.8) is 0 Å². The van der Waals surface area contributed by atoms with Gasteiger partial charge in [-0.05, 0) is 37.1 Å². The Labute approximate surface area is 108 Å². The van der Waals surface area contributed by atoms with E-state index in [0.717, 1.165) is 11.4 Å². The molecule has 1 aliphatic rings. The van der Waals surface area contributed by atoms with Crippen LogP contribution in [-0.4, -0.2) is 6.04 Å². The number of hydrogen-bond acceptors (Lipinski definition) is 2. The van der Waals surface area contributed by atoms with Crippen LogP contribution in [0.2, 0.25) is 0 Å². The van der Waals surface area contributed by atoms with Crippen molar-refractivity contribution in [2.45, 2.75) is 26.0 Å². The zero-order valence-corrected chi connectivity index (χ0v) is 10.7. The summed E-state index contributed by atoms with van der Waals surface area (Å²) in [5.41, 5.74) is 3.52. The van der Waals surface area contributed by atoms with Gasteiger partial charge in [-0.1, -0.05) is 36.4 Å². The van der Waals surface area contributed by atoms with Crippen LogP contribution in [0.15, 0.2) is 48.5 Å². The van der Waals surface area contributed by atoms with Crippen molar-refractivity contribution in [1.82, 2.24) is 0 Å². The quantitative estimate of drug-likeness (QED) is 0.814. The fourth-order valence-corrected chi connectivity index (χ4v) is 2.41. The zero-order chi connectivity index (χ0) is 12.5. The minimum atomic E-state index is 0.0699. The summed E-state index contributed by atoms with van der Waals surface area (Å²) in [5.74, 6) is 0.946. The predicted octanol–water partition coefficient (Wildman–Crippen LogP) is 3.93. The second-order valence-corrected chi connectivity index (χ2v) is 4.88. The highest BCUT2D eigenvalue weighted by Crippen LogP contribution is 2.37. The molecule has 0 radical (unpaired) electrons. The number of anilines is 1. The van der Waals surface area contributed by atoms with Crippen LogP contribution in [0.1, 0.15) is 24.2 Å². The number of rotatable bonds is 1. The average Bonchev–Trinajstić information content (AvgIpc) is 2.39. The molecule has 2 heteroatoms. The fourth-order valence-electron chi connectivity index (χ4n) is 2.41. The van der Waals surface area contributed by atoms with Gasteiger partial charge >= 0.3 is 0 Å². The van der Waals surface area contributed by atoms with E-state index in [1.54, 1.807) is 0 Å². The molecule has 2 nitrogen and oxygen atoms in total. The van der Waals surface area contributed by atoms with E-state index in [1.165, 1.54) is 11.1 Å². The van der Waals surface area contributed by atoms with Gasteiger partial charge in [0.2, 0.25) is 0 Å². The van der Waals surface area contributed by atoms with Crippen molar-refractivity contribution in [2.24, 2.45) is 0 Å². The molecule has 1 heterocycles. The Balaban J connectivity index is 1.96. The van der Waals surface area contributed by atoms with Gasteiger partial charge in [0, 0.05) is 0 Å². The minimum Gasteiger partial charge on any atom is -0.481 e. The first kappa shape index (κ1) is 11.1. The lowest BCUT2D eigenvalue weighted by Crippen LogP contribution is -2.32. The van der Waals surface area contributed by atoms with E-state index < -0.39 is 0 Å². The normalized spacial score (nSPS) is 21.7. The lowest BCUT2D eigenvalue weighted by molar-refractivity contribution is 0.177. The highest BCUT2D eigenvalue weighted by atomic mass is 16.5. The molecule has 0 spiro atoms. The lowest BCUT2D eigenvalue weighted by Gasteiger charge is -2.33. The second kappa shape index (κ2) is 4.37. The molecule has 0 aromatic heterocycles. The van der Waals surface area contributed by atoms with Gasteiger partial charge in [-0.2, -0.15) is 0 Å². The zero-order valence-electron chi connectivity index (χ0n) is 10.7. The maximum Gasteiger partial charge on any atom is 0.144 e. The third-order valence-electron chi connectivity index (χ3n) is 3.36. The first-order chi connectivity index (χ1) is 8.74. The van der Waals surface area contributed by atoms with E-state index in [9.17, 15) is 0 Å². The highest BCUT2D eigenvalue weighted by Gasteiger charge is 2.27. The monoisotopic (exact) mass is 239 g/mol. The number of nitrogens with one attached hydrogen (secondary N) is 1. The number of benzene rings is 2. The molecular weight excluding hydrogens is 222 g/mol. The Bertz CT molecular complexity index is 550. The third kappa shape index (κ3) is 1.94. The van der Waals surface area contributed by atoms with Crippen LogP contribution in [0.5, 0.6) is 5.75 Å². The molecule has 0 saturated carbocycles. The smallest absolute Gasteiger partial charge is 0.144 e. The van der Waals surface area contributed by atoms with E-state index in [0.29, 0.717) is 0 Å². The van der Waals surface area contributed by atoms with Crippen LogP contribution < -0.4 is 10.1 Å². The van der Waals surface area contributed by atoms with Gasteiger partial charge in [0.1, 0.15) is 11.9 Å². The van der Waals surface area contributed by atoms with Crippen LogP contribution in [-0.2, 0) is 0 Å². The Kier molecular flexibility index (Phi) is 2.71. The number of ether oxygens (including phenoxy) is 1. The molecule has 0 aliphatic carbocycles. The van der Waals surface area contributed by atoms with Crippen LogP contribution in [0, 0.1) is 6.92 Å². The Hall–Kier alpha value is -1.96. The fraction of sp³-hybridized carbons (Fsp3) is 0.250. The van der Waals surface area contributed by atoms with Gasteiger partial charge in [-0.15, -0.1) is 0 Å². The molecule has 3 rings (SSSR count). The third-order valence-corrected chi connectivity index (χ3v) is 3.36. The first-order valence-corrected chi connectivity index (χ1v) is 6.33. The summed E-state index contributed by atoms with van der Waals surface area (Å²) < 4.78 is 6.15. The maximum atomic E-state index is 6.15. The molecule has 2 aromatic carbocycles. The standard InChI is InChI=1S/C16H17NO/c1-11-8-9-14-15(10-11)18-16(12(2)17-14)13-6-4-3-5-7-13/h3-10,12,16-17H,1-2H3. The molecule has 1 N–H and O–H groups in total. The molecule has 0 bridgehead atoms. The van der Waals surface area contributed by atoms with Crippen molar-refractivity contribution >= 4 is 5.69 Å². The molecule has 1 aliphatic heterocycles. The highest BCUT2D eigenvalue weighted by molar-refractivity contribution is 5.60. The molecule has 2 atom stereocenters. The summed E-state index contributed by atoms with van der Waals surface area (Å²) in [7, 11) is 0. The molecular formula is C16H17NO. The van der Waals surface area contributed by atoms with Crippen LogP contribution >= 0.6 is 0 Å². The first-order valence-electron chi connectivity index (χ1n) is 6.33. The topological polar surface area (TPSA) is 21.3 Å². The largest absolute Gasteiger partial charge is 0.481 e. The van der Waals surface area contributed by atoms with E-state index in [2.05, 4.69) is 61.6 Å². The summed E-state index contributed by atoms with van der Waals surface area (Å²) in [6.07, 6.45) is 0.0699. The molecule has 0 saturated heterocycles. The molecule has 0 amide bonds. The minimum absolute atomic E-state index is 0.0699. The number of fused-ring (bicyclic) bond motifs is 1. The van der Waals surface area contributed by atoms with Crippen molar-refractivity contribution in [3.8, 4) is 5.75 Å². The van der Waals surface area contributed by atoms with Gasteiger partial charge in [0.25, 0.3) is 0 Å². The lowest BCUT2D eigenvalue weighted by atomic mass is 10.0. The van der Waals surface area contributed by atoms with Gasteiger partial charge in [-0.25, -0.2) is 0 Å². The van der Waals surface area contributed by atoms with Crippen molar-refractivity contribution < 1.29 is 4.74 Å². The molecule has 2 unspecified atom stereocenters. The molecule has 2 aromatic rings. The molecule has 92 valence electrons. The average molecular weight is 239 g/mol. The van der Waals surface area contributed by atoms with Gasteiger partial charge in [0.05, 0.1) is 11.7 Å². The van der Waals surface area contributed by atoms with E-state index in [1.807, 2.05) is 6.07 Å². The van der Waals surface area contributed by atoms with Gasteiger partial charge in [-0.3, -0.25) is 0 Å².